The lowest BCUT2D eigenvalue weighted by Gasteiger charge is -2.07. The maximum atomic E-state index is 13.0. The number of aromatic hydroxyl groups is 1. The molecule has 1 rings (SSSR count). The van der Waals surface area contributed by atoms with Crippen molar-refractivity contribution in [1.82, 2.24) is 0 Å². The molecule has 0 bridgehead atoms. The predicted octanol–water partition coefficient (Wildman–Crippen LogP) is 2.47. The van der Waals surface area contributed by atoms with E-state index in [1.807, 2.05) is 6.07 Å². The fraction of sp³-hybridized carbons (Fsp3) is 0.300. The molecule has 13 heavy (non-hydrogen) atoms. The van der Waals surface area contributed by atoms with Crippen molar-refractivity contribution < 1.29 is 9.50 Å². The van der Waals surface area contributed by atoms with Crippen molar-refractivity contribution in [2.75, 3.05) is 0 Å². The number of hydrogen-bond acceptors (Lipinski definition) is 2. The molecule has 1 N–H and O–H groups in total. The third-order valence-electron chi connectivity index (χ3n) is 1.97. The Kier molecular flexibility index (Phi) is 2.52. The summed E-state index contributed by atoms with van der Waals surface area (Å²) in [6.45, 7) is 3.18. The van der Waals surface area contributed by atoms with E-state index in [4.69, 9.17) is 5.26 Å². The van der Waals surface area contributed by atoms with Crippen LogP contribution in [0.15, 0.2) is 12.1 Å². The fourth-order valence-corrected chi connectivity index (χ4v) is 1.10. The molecule has 1 aromatic rings. The highest BCUT2D eigenvalue weighted by molar-refractivity contribution is 5.41. The van der Waals surface area contributed by atoms with Gasteiger partial charge in [-0.25, -0.2) is 4.39 Å². The lowest BCUT2D eigenvalue weighted by atomic mass is 10.00. The molecule has 2 nitrogen and oxygen atoms in total. The topological polar surface area (TPSA) is 44.0 Å². The number of nitrogens with zero attached hydrogens (tertiary/aromatic N) is 1. The largest absolute Gasteiger partial charge is 0.508 e. The smallest absolute Gasteiger partial charge is 0.126 e. The molecule has 0 radical (unpaired) electrons. The van der Waals surface area contributed by atoms with E-state index in [-0.39, 0.29) is 5.75 Å². The van der Waals surface area contributed by atoms with Gasteiger partial charge in [0.15, 0.2) is 0 Å². The molecule has 1 aromatic carbocycles. The summed E-state index contributed by atoms with van der Waals surface area (Å²) in [4.78, 5) is 0. The number of nitriles is 1. The Bertz CT molecular complexity index is 368. The van der Waals surface area contributed by atoms with Gasteiger partial charge >= 0.3 is 0 Å². The summed E-state index contributed by atoms with van der Waals surface area (Å²) >= 11 is 0. The van der Waals surface area contributed by atoms with Crippen molar-refractivity contribution in [3.63, 3.8) is 0 Å². The molecule has 0 aromatic heterocycles. The first-order chi connectivity index (χ1) is 6.06. The molecular weight excluding hydrogens is 169 g/mol. The Morgan fingerprint density at radius 1 is 1.54 bits per heavy atom. The Morgan fingerprint density at radius 2 is 2.15 bits per heavy atom. The molecule has 0 saturated heterocycles. The number of rotatable bonds is 1. The van der Waals surface area contributed by atoms with E-state index >= 15 is 0 Å². The quantitative estimate of drug-likeness (QED) is 0.719. The Balaban J connectivity index is 3.25. The van der Waals surface area contributed by atoms with E-state index in [1.165, 1.54) is 12.1 Å². The summed E-state index contributed by atoms with van der Waals surface area (Å²) in [7, 11) is 0. The fourth-order valence-electron chi connectivity index (χ4n) is 1.10. The SMILES string of the molecule is Cc1cc(O)c(C(C)C#N)cc1F. The van der Waals surface area contributed by atoms with Gasteiger partial charge in [-0.15, -0.1) is 0 Å². The van der Waals surface area contributed by atoms with Crippen LogP contribution in [0.4, 0.5) is 4.39 Å². The van der Waals surface area contributed by atoms with Gasteiger partial charge in [-0.1, -0.05) is 0 Å². The van der Waals surface area contributed by atoms with Crippen LogP contribution in [0.2, 0.25) is 0 Å². The summed E-state index contributed by atoms with van der Waals surface area (Å²) in [5.41, 5.74) is 0.719. The molecule has 68 valence electrons. The second-order valence-corrected chi connectivity index (χ2v) is 3.01. The normalized spacial score (nSPS) is 12.2. The molecule has 0 heterocycles. The van der Waals surface area contributed by atoms with Crippen LogP contribution in [-0.4, -0.2) is 5.11 Å². The zero-order valence-corrected chi connectivity index (χ0v) is 7.50. The van der Waals surface area contributed by atoms with Crippen LogP contribution >= 0.6 is 0 Å². The molecule has 0 amide bonds. The second kappa shape index (κ2) is 3.44. The third kappa shape index (κ3) is 1.78. The minimum atomic E-state index is -0.491. The van der Waals surface area contributed by atoms with Crippen molar-refractivity contribution >= 4 is 0 Å². The highest BCUT2D eigenvalue weighted by Crippen LogP contribution is 2.27. The Labute approximate surface area is 76.2 Å². The van der Waals surface area contributed by atoms with Gasteiger partial charge in [0.05, 0.1) is 12.0 Å². The molecule has 1 atom stereocenters. The number of halogens is 1. The maximum Gasteiger partial charge on any atom is 0.126 e. The van der Waals surface area contributed by atoms with Crippen LogP contribution in [0.5, 0.6) is 5.75 Å². The molecule has 0 spiro atoms. The summed E-state index contributed by atoms with van der Waals surface area (Å²) in [5.74, 6) is -0.905. The van der Waals surface area contributed by atoms with E-state index in [0.29, 0.717) is 11.1 Å². The van der Waals surface area contributed by atoms with Crippen LogP contribution in [0.3, 0.4) is 0 Å². The van der Waals surface area contributed by atoms with Gasteiger partial charge in [0, 0.05) is 5.56 Å². The summed E-state index contributed by atoms with van der Waals surface area (Å²) < 4.78 is 13.0. The Morgan fingerprint density at radius 3 is 2.69 bits per heavy atom. The summed E-state index contributed by atoms with van der Waals surface area (Å²) in [6, 6.07) is 4.48. The first-order valence-corrected chi connectivity index (χ1v) is 3.95. The van der Waals surface area contributed by atoms with Gasteiger partial charge in [0.2, 0.25) is 0 Å². The van der Waals surface area contributed by atoms with E-state index < -0.39 is 11.7 Å². The molecule has 0 aliphatic carbocycles. The highest BCUT2D eigenvalue weighted by atomic mass is 19.1. The molecular formula is C10H10FNO. The zero-order chi connectivity index (χ0) is 10.0. The first kappa shape index (κ1) is 9.53. The molecule has 1 unspecified atom stereocenters. The predicted molar refractivity (Wildman–Crippen MR) is 46.8 cm³/mol. The van der Waals surface area contributed by atoms with Gasteiger partial charge in [-0.2, -0.15) is 5.26 Å². The average molecular weight is 179 g/mol. The zero-order valence-electron chi connectivity index (χ0n) is 7.50. The monoisotopic (exact) mass is 179 g/mol. The van der Waals surface area contributed by atoms with Crippen molar-refractivity contribution in [2.24, 2.45) is 0 Å². The standard InChI is InChI=1S/C10H10FNO/c1-6-3-10(13)8(4-9(6)11)7(2)5-12/h3-4,7,13H,1-2H3. The van der Waals surface area contributed by atoms with Crippen molar-refractivity contribution in [3.8, 4) is 11.8 Å². The van der Waals surface area contributed by atoms with Crippen LogP contribution in [0.1, 0.15) is 24.0 Å². The summed E-state index contributed by atoms with van der Waals surface area (Å²) in [5, 5.41) is 18.0. The molecule has 0 saturated carbocycles. The third-order valence-corrected chi connectivity index (χ3v) is 1.97. The molecule has 3 heteroatoms. The van der Waals surface area contributed by atoms with Crippen molar-refractivity contribution in [1.29, 1.82) is 5.26 Å². The van der Waals surface area contributed by atoms with E-state index in [2.05, 4.69) is 0 Å². The van der Waals surface area contributed by atoms with E-state index in [1.54, 1.807) is 13.8 Å². The lowest BCUT2D eigenvalue weighted by Crippen LogP contribution is -1.93. The number of phenolic OH excluding ortho intramolecular Hbond substituents is 1. The van der Waals surface area contributed by atoms with E-state index in [0.717, 1.165) is 0 Å². The van der Waals surface area contributed by atoms with Gasteiger partial charge < -0.3 is 5.11 Å². The average Bonchev–Trinajstić information content (AvgIpc) is 2.10. The van der Waals surface area contributed by atoms with Crippen molar-refractivity contribution in [3.05, 3.63) is 29.1 Å². The van der Waals surface area contributed by atoms with Crippen LogP contribution in [-0.2, 0) is 0 Å². The van der Waals surface area contributed by atoms with Crippen LogP contribution in [0, 0.1) is 24.1 Å². The second-order valence-electron chi connectivity index (χ2n) is 3.01. The van der Waals surface area contributed by atoms with E-state index in [9.17, 15) is 9.50 Å². The van der Waals surface area contributed by atoms with Gasteiger partial charge in [0.1, 0.15) is 11.6 Å². The molecule has 0 aliphatic heterocycles. The molecule has 0 fully saturated rings. The number of aryl methyl sites for hydroxylation is 1. The van der Waals surface area contributed by atoms with Gasteiger partial charge in [-0.3, -0.25) is 0 Å². The van der Waals surface area contributed by atoms with Gasteiger partial charge in [0.25, 0.3) is 0 Å². The Hall–Kier alpha value is -1.56. The van der Waals surface area contributed by atoms with Gasteiger partial charge in [-0.05, 0) is 31.5 Å². The maximum absolute atomic E-state index is 13.0. The lowest BCUT2D eigenvalue weighted by molar-refractivity contribution is 0.463. The number of phenols is 1. The van der Waals surface area contributed by atoms with Crippen LogP contribution < -0.4 is 0 Å². The van der Waals surface area contributed by atoms with Crippen LogP contribution in [0.25, 0.3) is 0 Å². The summed E-state index contributed by atoms with van der Waals surface area (Å²) in [6.07, 6.45) is 0. The first-order valence-electron chi connectivity index (χ1n) is 3.95. The highest BCUT2D eigenvalue weighted by Gasteiger charge is 2.12. The van der Waals surface area contributed by atoms with Crippen molar-refractivity contribution in [2.45, 2.75) is 19.8 Å². The minimum Gasteiger partial charge on any atom is -0.508 e. The number of hydrogen-bond donors (Lipinski definition) is 1. The number of benzene rings is 1. The minimum absolute atomic E-state index is 0.0204. The molecule has 0 aliphatic rings.